The molecular weight excluding hydrogens is 376 g/mol. The maximum Gasteiger partial charge on any atom is 0.233 e. The second-order valence-corrected chi connectivity index (χ2v) is 10.1. The molecule has 7 rings (SSSR count). The zero-order chi connectivity index (χ0) is 20.6. The van der Waals surface area contributed by atoms with Gasteiger partial charge in [-0.1, -0.05) is 24.3 Å². The Hall–Kier alpha value is -2.43. The number of anilines is 1. The molecule has 3 saturated carbocycles. The highest BCUT2D eigenvalue weighted by atomic mass is 16.2. The van der Waals surface area contributed by atoms with E-state index in [-0.39, 0.29) is 53.4 Å². The van der Waals surface area contributed by atoms with Crippen molar-refractivity contribution in [1.29, 1.82) is 0 Å². The van der Waals surface area contributed by atoms with Gasteiger partial charge < -0.3 is 5.32 Å². The molecule has 5 nitrogen and oxygen atoms in total. The first-order valence-corrected chi connectivity index (χ1v) is 11.5. The standard InChI is InChI=1S/C25H28N2O3/c1-13-3-2-4-15(11-13)26-23(28)14-5-7-16(8-6-14)27-24(29)21-17-9-10-18(20-12-19(17)20)22(21)25(27)30/h2-4,9-11,14,16-22H,5-8,12H2,1H3,(H,26,28)/t14?,16?,17-,18-,19-,20-,21-,22+/m1/s1. The summed E-state index contributed by atoms with van der Waals surface area (Å²) in [5.74, 6) is 1.75. The minimum Gasteiger partial charge on any atom is -0.326 e. The van der Waals surface area contributed by atoms with E-state index >= 15 is 0 Å². The highest BCUT2D eigenvalue weighted by molar-refractivity contribution is 6.06. The van der Waals surface area contributed by atoms with E-state index in [2.05, 4.69) is 17.5 Å². The molecule has 6 atom stereocenters. The number of allylic oxidation sites excluding steroid dienone is 2. The van der Waals surface area contributed by atoms with Gasteiger partial charge in [0.05, 0.1) is 11.8 Å². The number of imide groups is 1. The van der Waals surface area contributed by atoms with Gasteiger partial charge in [-0.05, 0) is 80.4 Å². The molecule has 1 heterocycles. The highest BCUT2D eigenvalue weighted by Gasteiger charge is 2.67. The lowest BCUT2D eigenvalue weighted by molar-refractivity contribution is -0.144. The summed E-state index contributed by atoms with van der Waals surface area (Å²) < 4.78 is 0. The van der Waals surface area contributed by atoms with Gasteiger partial charge in [0.15, 0.2) is 0 Å². The van der Waals surface area contributed by atoms with Crippen molar-refractivity contribution in [1.82, 2.24) is 4.90 Å². The first kappa shape index (κ1) is 18.3. The number of aryl methyl sites for hydroxylation is 1. The average Bonchev–Trinajstić information content (AvgIpc) is 3.52. The van der Waals surface area contributed by atoms with Crippen LogP contribution in [0.2, 0.25) is 0 Å². The van der Waals surface area contributed by atoms with Crippen molar-refractivity contribution in [3.05, 3.63) is 42.0 Å². The number of likely N-dealkylation sites (tertiary alicyclic amines) is 1. The van der Waals surface area contributed by atoms with Gasteiger partial charge in [0.2, 0.25) is 17.7 Å². The summed E-state index contributed by atoms with van der Waals surface area (Å²) in [6.45, 7) is 2.01. The number of amides is 3. The fraction of sp³-hybridized carbons (Fsp3) is 0.560. The van der Waals surface area contributed by atoms with Crippen LogP contribution in [0.5, 0.6) is 0 Å². The van der Waals surface area contributed by atoms with E-state index in [9.17, 15) is 14.4 Å². The van der Waals surface area contributed by atoms with Crippen molar-refractivity contribution in [2.75, 3.05) is 5.32 Å². The number of carbonyl (C=O) groups excluding carboxylic acids is 3. The smallest absolute Gasteiger partial charge is 0.233 e. The van der Waals surface area contributed by atoms with Crippen molar-refractivity contribution in [3.8, 4) is 0 Å². The van der Waals surface area contributed by atoms with Crippen LogP contribution in [0.3, 0.4) is 0 Å². The molecule has 1 aliphatic heterocycles. The predicted octanol–water partition coefficient (Wildman–Crippen LogP) is 3.55. The van der Waals surface area contributed by atoms with Crippen molar-refractivity contribution in [2.45, 2.75) is 45.1 Å². The molecule has 0 spiro atoms. The summed E-state index contributed by atoms with van der Waals surface area (Å²) in [5.41, 5.74) is 1.95. The van der Waals surface area contributed by atoms with Gasteiger partial charge in [-0.2, -0.15) is 0 Å². The molecule has 156 valence electrons. The SMILES string of the molecule is Cc1cccc(NC(=O)C2CCC(N3C(=O)[C@@H]4[C@@H]5C=C[C@H]([C@H]6C[C@H]56)[C@@H]4C3=O)CC2)c1. The zero-order valence-electron chi connectivity index (χ0n) is 17.3. The van der Waals surface area contributed by atoms with E-state index in [4.69, 9.17) is 0 Å². The third-order valence-electron chi connectivity index (χ3n) is 8.42. The van der Waals surface area contributed by atoms with Crippen LogP contribution in [-0.4, -0.2) is 28.7 Å². The molecule has 1 saturated heterocycles. The van der Waals surface area contributed by atoms with E-state index in [0.29, 0.717) is 11.8 Å². The molecule has 6 aliphatic rings. The van der Waals surface area contributed by atoms with E-state index in [1.165, 1.54) is 6.42 Å². The summed E-state index contributed by atoms with van der Waals surface area (Å²) in [4.78, 5) is 40.9. The molecule has 1 N–H and O–H groups in total. The Morgan fingerprint density at radius 1 is 0.967 bits per heavy atom. The molecule has 4 fully saturated rings. The lowest BCUT2D eigenvalue weighted by Gasteiger charge is -2.37. The Labute approximate surface area is 176 Å². The van der Waals surface area contributed by atoms with Crippen molar-refractivity contribution in [2.24, 2.45) is 41.4 Å². The number of hydrogen-bond donors (Lipinski definition) is 1. The molecule has 5 aliphatic carbocycles. The number of rotatable bonds is 3. The van der Waals surface area contributed by atoms with E-state index < -0.39 is 0 Å². The molecular formula is C25H28N2O3. The monoisotopic (exact) mass is 404 g/mol. The van der Waals surface area contributed by atoms with E-state index in [1.54, 1.807) is 4.90 Å². The number of nitrogens with one attached hydrogen (secondary N) is 1. The van der Waals surface area contributed by atoms with Gasteiger partial charge >= 0.3 is 0 Å². The van der Waals surface area contributed by atoms with Crippen LogP contribution >= 0.6 is 0 Å². The maximum atomic E-state index is 13.3. The first-order chi connectivity index (χ1) is 14.5. The molecule has 3 amide bonds. The fourth-order valence-electron chi connectivity index (χ4n) is 6.90. The second kappa shape index (κ2) is 6.53. The van der Waals surface area contributed by atoms with Gasteiger partial charge in [0.1, 0.15) is 0 Å². The Bertz CT molecular complexity index is 925. The second-order valence-electron chi connectivity index (χ2n) is 10.1. The zero-order valence-corrected chi connectivity index (χ0v) is 17.3. The minimum absolute atomic E-state index is 0.0330. The molecule has 5 heteroatoms. The van der Waals surface area contributed by atoms with E-state index in [0.717, 1.165) is 36.9 Å². The number of nitrogens with zero attached hydrogens (tertiary/aromatic N) is 1. The van der Waals surface area contributed by atoms with Crippen LogP contribution in [0, 0.1) is 48.3 Å². The summed E-state index contributed by atoms with van der Waals surface area (Å²) in [7, 11) is 0. The largest absolute Gasteiger partial charge is 0.326 e. The lowest BCUT2D eigenvalue weighted by atomic mass is 9.63. The van der Waals surface area contributed by atoms with Gasteiger partial charge in [-0.25, -0.2) is 0 Å². The predicted molar refractivity (Wildman–Crippen MR) is 112 cm³/mol. The summed E-state index contributed by atoms with van der Waals surface area (Å²) in [6, 6.07) is 7.80. The fourth-order valence-corrected chi connectivity index (χ4v) is 6.90. The lowest BCUT2D eigenvalue weighted by Crippen LogP contribution is -2.44. The van der Waals surface area contributed by atoms with Gasteiger partial charge in [0.25, 0.3) is 0 Å². The quantitative estimate of drug-likeness (QED) is 0.619. The Kier molecular flexibility index (Phi) is 4.00. The van der Waals surface area contributed by atoms with Crippen LogP contribution in [0.25, 0.3) is 0 Å². The molecule has 1 aromatic carbocycles. The van der Waals surface area contributed by atoms with E-state index in [1.807, 2.05) is 31.2 Å². The third kappa shape index (κ3) is 2.63. The van der Waals surface area contributed by atoms with Gasteiger partial charge in [-0.15, -0.1) is 0 Å². The van der Waals surface area contributed by atoms with Crippen LogP contribution in [0.15, 0.2) is 36.4 Å². The molecule has 30 heavy (non-hydrogen) atoms. The maximum absolute atomic E-state index is 13.3. The number of hydrogen-bond acceptors (Lipinski definition) is 3. The van der Waals surface area contributed by atoms with Crippen molar-refractivity contribution >= 4 is 23.4 Å². The minimum atomic E-state index is -0.112. The molecule has 2 bridgehead atoms. The van der Waals surface area contributed by atoms with Gasteiger partial charge in [-0.3, -0.25) is 19.3 Å². The van der Waals surface area contributed by atoms with Crippen molar-refractivity contribution in [3.63, 3.8) is 0 Å². The number of carbonyl (C=O) groups is 3. The molecule has 0 unspecified atom stereocenters. The van der Waals surface area contributed by atoms with Gasteiger partial charge in [0, 0.05) is 17.6 Å². The van der Waals surface area contributed by atoms with Crippen LogP contribution < -0.4 is 5.32 Å². The Morgan fingerprint density at radius 2 is 1.60 bits per heavy atom. The Morgan fingerprint density at radius 3 is 2.20 bits per heavy atom. The molecule has 0 radical (unpaired) electrons. The first-order valence-electron chi connectivity index (χ1n) is 11.5. The number of benzene rings is 1. The topological polar surface area (TPSA) is 66.5 Å². The van der Waals surface area contributed by atoms with Crippen LogP contribution in [0.1, 0.15) is 37.7 Å². The molecule has 1 aromatic rings. The van der Waals surface area contributed by atoms with Crippen LogP contribution in [-0.2, 0) is 14.4 Å². The summed E-state index contributed by atoms with van der Waals surface area (Å²) >= 11 is 0. The normalized spacial score (nSPS) is 40.9. The van der Waals surface area contributed by atoms with Crippen molar-refractivity contribution < 1.29 is 14.4 Å². The summed E-state index contributed by atoms with van der Waals surface area (Å²) in [6.07, 6.45) is 8.56. The highest BCUT2D eigenvalue weighted by Crippen LogP contribution is 2.65. The third-order valence-corrected chi connectivity index (χ3v) is 8.42. The van der Waals surface area contributed by atoms with Crippen LogP contribution in [0.4, 0.5) is 5.69 Å². The molecule has 0 aromatic heterocycles. The average molecular weight is 405 g/mol. The summed E-state index contributed by atoms with van der Waals surface area (Å²) in [5, 5.41) is 3.03. The Balaban J connectivity index is 1.12.